The van der Waals surface area contributed by atoms with Gasteiger partial charge in [0.25, 0.3) is 0 Å². The number of rotatable bonds is 8. The fraction of sp³-hybridized carbons (Fsp3) is 0.385. The summed E-state index contributed by atoms with van der Waals surface area (Å²) in [7, 11) is -2.58. The summed E-state index contributed by atoms with van der Waals surface area (Å²) in [6.07, 6.45) is -0.326. The summed E-state index contributed by atoms with van der Waals surface area (Å²) in [5, 5.41) is 11.1. The Balaban J connectivity index is 3.00. The van der Waals surface area contributed by atoms with Gasteiger partial charge in [0.05, 0.1) is 13.5 Å². The van der Waals surface area contributed by atoms with Crippen LogP contribution in [0.3, 0.4) is 0 Å². The number of aliphatic carboxylic acids is 1. The molecule has 0 aliphatic rings. The van der Waals surface area contributed by atoms with Crippen LogP contribution < -0.4 is 14.8 Å². The van der Waals surface area contributed by atoms with E-state index in [1.165, 1.54) is 26.2 Å². The summed E-state index contributed by atoms with van der Waals surface area (Å²) in [4.78, 5) is 21.2. The molecule has 0 atom stereocenters. The number of carbonyl (C=O) groups excluding carboxylic acids is 1. The van der Waals surface area contributed by atoms with Crippen LogP contribution in [0.5, 0.6) is 5.75 Å². The van der Waals surface area contributed by atoms with Gasteiger partial charge in [0.2, 0.25) is 15.9 Å². The highest BCUT2D eigenvalue weighted by Gasteiger charge is 2.20. The fourth-order valence-electron chi connectivity index (χ4n) is 1.64. The zero-order chi connectivity index (χ0) is 16.8. The van der Waals surface area contributed by atoms with Crippen molar-refractivity contribution in [2.45, 2.75) is 24.8 Å². The number of carboxylic acids is 1. The first kappa shape index (κ1) is 17.9. The van der Waals surface area contributed by atoms with Crippen molar-refractivity contribution in [1.82, 2.24) is 10.0 Å². The number of nitrogens with one attached hydrogen (secondary N) is 2. The van der Waals surface area contributed by atoms with Gasteiger partial charge in [0.1, 0.15) is 10.6 Å². The maximum Gasteiger partial charge on any atom is 0.304 e. The summed E-state index contributed by atoms with van der Waals surface area (Å²) < 4.78 is 31.6. The van der Waals surface area contributed by atoms with E-state index in [-0.39, 0.29) is 36.1 Å². The molecule has 0 spiro atoms. The molecule has 0 fully saturated rings. The SMILES string of the molecule is COc1ccc(CNC(C)=O)cc1S(=O)(=O)NCCC(=O)O. The predicted molar refractivity (Wildman–Crippen MR) is 78.0 cm³/mol. The lowest BCUT2D eigenvalue weighted by Gasteiger charge is -2.12. The van der Waals surface area contributed by atoms with Gasteiger partial charge in [-0.25, -0.2) is 13.1 Å². The van der Waals surface area contributed by atoms with Gasteiger partial charge in [-0.1, -0.05) is 6.07 Å². The van der Waals surface area contributed by atoms with Crippen molar-refractivity contribution in [3.8, 4) is 5.75 Å². The van der Waals surface area contributed by atoms with Crippen molar-refractivity contribution in [3.05, 3.63) is 23.8 Å². The molecule has 0 bridgehead atoms. The molecule has 1 aromatic rings. The highest BCUT2D eigenvalue weighted by atomic mass is 32.2. The molecule has 1 amide bonds. The maximum atomic E-state index is 12.2. The molecule has 0 saturated carbocycles. The van der Waals surface area contributed by atoms with Crippen molar-refractivity contribution in [2.24, 2.45) is 0 Å². The number of carbonyl (C=O) groups is 2. The highest BCUT2D eigenvalue weighted by molar-refractivity contribution is 7.89. The highest BCUT2D eigenvalue weighted by Crippen LogP contribution is 2.24. The Morgan fingerprint density at radius 3 is 2.55 bits per heavy atom. The average molecular weight is 330 g/mol. The first-order valence-corrected chi connectivity index (χ1v) is 7.87. The van der Waals surface area contributed by atoms with E-state index in [0.29, 0.717) is 5.56 Å². The molecule has 0 saturated heterocycles. The Hall–Kier alpha value is -2.13. The smallest absolute Gasteiger partial charge is 0.304 e. The Kier molecular flexibility index (Phi) is 6.32. The van der Waals surface area contributed by atoms with Gasteiger partial charge in [-0.2, -0.15) is 0 Å². The van der Waals surface area contributed by atoms with E-state index >= 15 is 0 Å². The van der Waals surface area contributed by atoms with Crippen LogP contribution in [0.25, 0.3) is 0 Å². The molecule has 8 nitrogen and oxygen atoms in total. The van der Waals surface area contributed by atoms with Crippen molar-refractivity contribution in [3.63, 3.8) is 0 Å². The minimum Gasteiger partial charge on any atom is -0.495 e. The largest absolute Gasteiger partial charge is 0.495 e. The van der Waals surface area contributed by atoms with Gasteiger partial charge in [-0.05, 0) is 17.7 Å². The summed E-state index contributed by atoms with van der Waals surface area (Å²) >= 11 is 0. The molecular weight excluding hydrogens is 312 g/mol. The summed E-state index contributed by atoms with van der Waals surface area (Å²) in [5.41, 5.74) is 0.578. The van der Waals surface area contributed by atoms with Crippen molar-refractivity contribution in [1.29, 1.82) is 0 Å². The Morgan fingerprint density at radius 2 is 2.00 bits per heavy atom. The molecule has 0 radical (unpaired) electrons. The Morgan fingerprint density at radius 1 is 1.32 bits per heavy atom. The van der Waals surface area contributed by atoms with E-state index in [1.54, 1.807) is 6.07 Å². The second kappa shape index (κ2) is 7.76. The lowest BCUT2D eigenvalue weighted by atomic mass is 10.2. The topological polar surface area (TPSA) is 122 Å². The normalized spacial score (nSPS) is 11.0. The number of benzene rings is 1. The van der Waals surface area contributed by atoms with E-state index in [2.05, 4.69) is 10.0 Å². The maximum absolute atomic E-state index is 12.2. The number of hydrogen-bond acceptors (Lipinski definition) is 5. The van der Waals surface area contributed by atoms with E-state index in [9.17, 15) is 18.0 Å². The van der Waals surface area contributed by atoms with E-state index in [0.717, 1.165) is 0 Å². The van der Waals surface area contributed by atoms with Crippen molar-refractivity contribution in [2.75, 3.05) is 13.7 Å². The molecule has 0 aliphatic heterocycles. The van der Waals surface area contributed by atoms with Gasteiger partial charge in [0.15, 0.2) is 0 Å². The second-order valence-electron chi connectivity index (χ2n) is 4.44. The van der Waals surface area contributed by atoms with Crippen LogP contribution in [0.15, 0.2) is 23.1 Å². The third kappa shape index (κ3) is 5.34. The van der Waals surface area contributed by atoms with Gasteiger partial charge < -0.3 is 15.2 Å². The molecule has 0 unspecified atom stereocenters. The average Bonchev–Trinajstić information content (AvgIpc) is 2.44. The molecule has 0 aromatic heterocycles. The summed E-state index contributed by atoms with van der Waals surface area (Å²) in [6, 6.07) is 4.48. The van der Waals surface area contributed by atoms with Crippen LogP contribution >= 0.6 is 0 Å². The number of amides is 1. The van der Waals surface area contributed by atoms with Crippen LogP contribution in [-0.2, 0) is 26.2 Å². The summed E-state index contributed by atoms with van der Waals surface area (Å²) in [6.45, 7) is 1.31. The Labute approximate surface area is 128 Å². The third-order valence-corrected chi connectivity index (χ3v) is 4.17. The zero-order valence-corrected chi connectivity index (χ0v) is 13.1. The molecule has 0 heterocycles. The fourth-order valence-corrected chi connectivity index (χ4v) is 2.89. The monoisotopic (exact) mass is 330 g/mol. The molecule has 22 heavy (non-hydrogen) atoms. The minimum atomic E-state index is -3.91. The lowest BCUT2D eigenvalue weighted by molar-refractivity contribution is -0.136. The number of hydrogen-bond donors (Lipinski definition) is 3. The van der Waals surface area contributed by atoms with Gasteiger partial charge in [-0.15, -0.1) is 0 Å². The minimum absolute atomic E-state index is 0.108. The van der Waals surface area contributed by atoms with Crippen LogP contribution in [0.1, 0.15) is 18.9 Å². The zero-order valence-electron chi connectivity index (χ0n) is 12.3. The first-order chi connectivity index (χ1) is 10.3. The molecule has 122 valence electrons. The first-order valence-electron chi connectivity index (χ1n) is 6.39. The van der Waals surface area contributed by atoms with E-state index in [1.807, 2.05) is 0 Å². The summed E-state index contributed by atoms with van der Waals surface area (Å²) in [5.74, 6) is -1.21. The van der Waals surface area contributed by atoms with Gasteiger partial charge in [-0.3, -0.25) is 9.59 Å². The van der Waals surface area contributed by atoms with Crippen molar-refractivity contribution >= 4 is 21.9 Å². The Bertz CT molecular complexity index is 656. The molecule has 3 N–H and O–H groups in total. The van der Waals surface area contributed by atoms with Crippen LogP contribution in [-0.4, -0.2) is 39.1 Å². The third-order valence-electron chi connectivity index (χ3n) is 2.69. The molecule has 9 heteroatoms. The van der Waals surface area contributed by atoms with Crippen LogP contribution in [0, 0.1) is 0 Å². The van der Waals surface area contributed by atoms with E-state index in [4.69, 9.17) is 9.84 Å². The quantitative estimate of drug-likeness (QED) is 0.621. The number of ether oxygens (including phenoxy) is 1. The lowest BCUT2D eigenvalue weighted by Crippen LogP contribution is -2.27. The number of methoxy groups -OCH3 is 1. The molecule has 0 aliphatic carbocycles. The standard InChI is InChI=1S/C13H18N2O6S/c1-9(16)14-8-10-3-4-11(21-2)12(7-10)22(19,20)15-6-5-13(17)18/h3-4,7,15H,5-6,8H2,1-2H3,(H,14,16)(H,17,18). The number of carboxylic acid groups (broad SMARTS) is 1. The molecule has 1 rings (SSSR count). The molecular formula is C13H18N2O6S. The predicted octanol–water partition coefficient (Wildman–Crippen LogP) is 0.0843. The van der Waals surface area contributed by atoms with Gasteiger partial charge in [0, 0.05) is 20.0 Å². The van der Waals surface area contributed by atoms with Crippen LogP contribution in [0.2, 0.25) is 0 Å². The van der Waals surface area contributed by atoms with Crippen molar-refractivity contribution < 1.29 is 27.9 Å². The van der Waals surface area contributed by atoms with Gasteiger partial charge >= 0.3 is 5.97 Å². The number of sulfonamides is 1. The van der Waals surface area contributed by atoms with E-state index < -0.39 is 16.0 Å². The van der Waals surface area contributed by atoms with Crippen LogP contribution in [0.4, 0.5) is 0 Å². The second-order valence-corrected chi connectivity index (χ2v) is 6.17. The molecule has 1 aromatic carbocycles.